The molecule has 14 nitrogen and oxygen atoms in total. The van der Waals surface area contributed by atoms with Gasteiger partial charge in [0.05, 0.1) is 24.3 Å². The fourth-order valence-electron chi connectivity index (χ4n) is 4.74. The summed E-state index contributed by atoms with van der Waals surface area (Å²) in [5, 5.41) is 19.3. The standard InChI is InChI=1S/C32H38N6O8/c1-37(2)27-13-7-6-12-25(27)30(40)36-26(31(41)42)18-35-29(39)21-44-24-16-23(17-34-28-14-8-9-15-33-28)38(19-24)46-32(43)45-20-22-10-4-3-5-11-22/h3-15,23-24,26H,16-21H2,1-2H3,(H,33,34)(H,35,39)(H,36,40)(H,41,42). The summed E-state index contributed by atoms with van der Waals surface area (Å²) in [5.74, 6) is -1.81. The average Bonchev–Trinajstić information content (AvgIpc) is 3.45. The summed E-state index contributed by atoms with van der Waals surface area (Å²) in [6.07, 6.45) is 0.707. The number of carbonyl (C=O) groups excluding carboxylic acids is 3. The molecule has 1 aromatic heterocycles. The van der Waals surface area contributed by atoms with Gasteiger partial charge < -0.3 is 40.3 Å². The van der Waals surface area contributed by atoms with Crippen molar-refractivity contribution in [2.24, 2.45) is 0 Å². The van der Waals surface area contributed by atoms with E-state index < -0.39 is 36.1 Å². The minimum atomic E-state index is -1.37. The fourth-order valence-corrected chi connectivity index (χ4v) is 4.74. The lowest BCUT2D eigenvalue weighted by atomic mass is 10.1. The zero-order valence-corrected chi connectivity index (χ0v) is 25.6. The molecular weight excluding hydrogens is 596 g/mol. The second kappa shape index (κ2) is 16.7. The predicted octanol–water partition coefficient (Wildman–Crippen LogP) is 2.29. The molecule has 1 aliphatic heterocycles. The molecule has 2 amide bonds. The topological polar surface area (TPSA) is 172 Å². The van der Waals surface area contributed by atoms with E-state index in [-0.39, 0.29) is 32.3 Å². The van der Waals surface area contributed by atoms with Gasteiger partial charge in [0.25, 0.3) is 5.91 Å². The third kappa shape index (κ3) is 10.2. The van der Waals surface area contributed by atoms with Crippen LogP contribution in [-0.2, 0) is 30.5 Å². The maximum absolute atomic E-state index is 12.8. The molecule has 3 unspecified atom stereocenters. The predicted molar refractivity (Wildman–Crippen MR) is 168 cm³/mol. The molecule has 2 heterocycles. The summed E-state index contributed by atoms with van der Waals surface area (Å²) < 4.78 is 11.1. The Labute approximate surface area is 266 Å². The van der Waals surface area contributed by atoms with Crippen molar-refractivity contribution in [3.8, 4) is 0 Å². The van der Waals surface area contributed by atoms with Gasteiger partial charge in [0.2, 0.25) is 5.91 Å². The summed E-state index contributed by atoms with van der Waals surface area (Å²) in [4.78, 5) is 61.2. The summed E-state index contributed by atoms with van der Waals surface area (Å²) >= 11 is 0. The third-order valence-corrected chi connectivity index (χ3v) is 7.09. The lowest BCUT2D eigenvalue weighted by Crippen LogP contribution is -2.49. The number of aliphatic carboxylic acids is 1. The Balaban J connectivity index is 1.28. The first-order valence-corrected chi connectivity index (χ1v) is 14.7. The van der Waals surface area contributed by atoms with Gasteiger partial charge in [-0.1, -0.05) is 48.5 Å². The monoisotopic (exact) mass is 634 g/mol. The first-order chi connectivity index (χ1) is 22.2. The van der Waals surface area contributed by atoms with Gasteiger partial charge >= 0.3 is 12.1 Å². The number of rotatable bonds is 15. The summed E-state index contributed by atoms with van der Waals surface area (Å²) in [6, 6.07) is 19.7. The summed E-state index contributed by atoms with van der Waals surface area (Å²) in [6.45, 7) is -0.143. The molecule has 4 rings (SSSR count). The number of hydrogen-bond donors (Lipinski definition) is 4. The van der Waals surface area contributed by atoms with Crippen LogP contribution >= 0.6 is 0 Å². The van der Waals surface area contributed by atoms with Crippen molar-refractivity contribution in [1.82, 2.24) is 20.7 Å². The number of nitrogens with one attached hydrogen (secondary N) is 3. The molecule has 3 aromatic rings. The van der Waals surface area contributed by atoms with E-state index in [2.05, 4.69) is 20.9 Å². The minimum Gasteiger partial charge on any atom is -0.480 e. The highest BCUT2D eigenvalue weighted by Crippen LogP contribution is 2.22. The number of carboxylic acids is 1. The molecule has 0 bridgehead atoms. The number of aromatic nitrogens is 1. The van der Waals surface area contributed by atoms with Gasteiger partial charge in [-0.25, -0.2) is 14.6 Å². The molecular formula is C32H38N6O8. The van der Waals surface area contributed by atoms with E-state index in [0.717, 1.165) is 5.56 Å². The van der Waals surface area contributed by atoms with E-state index in [1.54, 1.807) is 61.6 Å². The van der Waals surface area contributed by atoms with Crippen LogP contribution in [0.5, 0.6) is 0 Å². The van der Waals surface area contributed by atoms with Crippen molar-refractivity contribution in [3.05, 3.63) is 90.1 Å². The molecule has 3 atom stereocenters. The second-order valence-electron chi connectivity index (χ2n) is 10.7. The molecule has 1 aliphatic rings. The number of nitrogens with zero attached hydrogens (tertiary/aromatic N) is 3. The van der Waals surface area contributed by atoms with E-state index in [1.165, 1.54) is 5.06 Å². The minimum absolute atomic E-state index is 0.0461. The Hall–Kier alpha value is -5.21. The first kappa shape index (κ1) is 33.7. The van der Waals surface area contributed by atoms with Crippen LogP contribution in [0.4, 0.5) is 16.3 Å². The molecule has 0 spiro atoms. The number of hydroxylamine groups is 2. The number of amides is 2. The largest absolute Gasteiger partial charge is 0.528 e. The Morgan fingerprint density at radius 2 is 1.76 bits per heavy atom. The Morgan fingerprint density at radius 1 is 1.02 bits per heavy atom. The van der Waals surface area contributed by atoms with E-state index in [4.69, 9.17) is 14.3 Å². The number of carboxylic acid groups (broad SMARTS) is 1. The van der Waals surface area contributed by atoms with Crippen molar-refractivity contribution in [2.75, 3.05) is 50.6 Å². The van der Waals surface area contributed by atoms with Gasteiger partial charge in [-0.3, -0.25) is 9.59 Å². The maximum atomic E-state index is 12.8. The number of anilines is 2. The van der Waals surface area contributed by atoms with Crippen LogP contribution in [0, 0.1) is 0 Å². The zero-order valence-electron chi connectivity index (χ0n) is 25.6. The zero-order chi connectivity index (χ0) is 32.9. The van der Waals surface area contributed by atoms with Crippen LogP contribution in [0.15, 0.2) is 79.0 Å². The van der Waals surface area contributed by atoms with Gasteiger partial charge in [-0.15, -0.1) is 5.06 Å². The van der Waals surface area contributed by atoms with Gasteiger partial charge in [0.1, 0.15) is 25.1 Å². The number of ether oxygens (including phenoxy) is 2. The number of carbonyl (C=O) groups is 4. The van der Waals surface area contributed by atoms with Crippen LogP contribution in [0.25, 0.3) is 0 Å². The van der Waals surface area contributed by atoms with E-state index >= 15 is 0 Å². The second-order valence-corrected chi connectivity index (χ2v) is 10.7. The Morgan fingerprint density at radius 3 is 2.48 bits per heavy atom. The quantitative estimate of drug-likeness (QED) is 0.180. The Bertz CT molecular complexity index is 1460. The number of benzene rings is 2. The molecule has 0 radical (unpaired) electrons. The molecule has 1 saturated heterocycles. The molecule has 14 heteroatoms. The number of para-hydroxylation sites is 1. The van der Waals surface area contributed by atoms with Crippen molar-refractivity contribution < 1.29 is 38.6 Å². The van der Waals surface area contributed by atoms with E-state index in [1.807, 2.05) is 36.4 Å². The number of pyridine rings is 1. The smallest absolute Gasteiger partial charge is 0.480 e. The fraction of sp³-hybridized carbons (Fsp3) is 0.344. The van der Waals surface area contributed by atoms with Gasteiger partial charge in [-0.05, 0) is 36.2 Å². The van der Waals surface area contributed by atoms with Crippen LogP contribution in [0.1, 0.15) is 22.3 Å². The van der Waals surface area contributed by atoms with Gasteiger partial charge in [0.15, 0.2) is 0 Å². The van der Waals surface area contributed by atoms with Crippen LogP contribution in [0.3, 0.4) is 0 Å². The molecule has 0 aliphatic carbocycles. The van der Waals surface area contributed by atoms with E-state index in [0.29, 0.717) is 30.0 Å². The first-order valence-electron chi connectivity index (χ1n) is 14.7. The summed E-state index contributed by atoms with van der Waals surface area (Å²) in [5.41, 5.74) is 1.73. The molecule has 2 aromatic carbocycles. The summed E-state index contributed by atoms with van der Waals surface area (Å²) in [7, 11) is 3.54. The van der Waals surface area contributed by atoms with Crippen LogP contribution in [-0.4, -0.2) is 97.6 Å². The lowest BCUT2D eigenvalue weighted by molar-refractivity contribution is -0.143. The van der Waals surface area contributed by atoms with Crippen LogP contribution in [0.2, 0.25) is 0 Å². The lowest BCUT2D eigenvalue weighted by Gasteiger charge is -2.22. The molecule has 46 heavy (non-hydrogen) atoms. The molecule has 0 saturated carbocycles. The molecule has 4 N–H and O–H groups in total. The SMILES string of the molecule is CN(C)c1ccccc1C(=O)NC(CNC(=O)COC1CC(CNc2ccccn2)N(OC(=O)OCc2ccccc2)C1)C(=O)O. The van der Waals surface area contributed by atoms with Crippen molar-refractivity contribution in [1.29, 1.82) is 0 Å². The Kier molecular flexibility index (Phi) is 12.3. The highest BCUT2D eigenvalue weighted by molar-refractivity contribution is 6.01. The normalized spacial score (nSPS) is 16.6. The third-order valence-electron chi connectivity index (χ3n) is 7.09. The highest BCUT2D eigenvalue weighted by Gasteiger charge is 2.36. The van der Waals surface area contributed by atoms with Gasteiger partial charge in [-0.2, -0.15) is 0 Å². The molecule has 244 valence electrons. The highest BCUT2D eigenvalue weighted by atomic mass is 16.8. The average molecular weight is 635 g/mol. The molecule has 1 fully saturated rings. The van der Waals surface area contributed by atoms with Crippen molar-refractivity contribution in [3.63, 3.8) is 0 Å². The maximum Gasteiger partial charge on any atom is 0.528 e. The van der Waals surface area contributed by atoms with Crippen LogP contribution < -0.4 is 20.9 Å². The van der Waals surface area contributed by atoms with Crippen molar-refractivity contribution >= 4 is 35.4 Å². The number of hydrogen-bond acceptors (Lipinski definition) is 11. The van der Waals surface area contributed by atoms with E-state index in [9.17, 15) is 24.3 Å². The van der Waals surface area contributed by atoms with Gasteiger partial charge in [0, 0.05) is 39.1 Å². The van der Waals surface area contributed by atoms with Crippen molar-refractivity contribution in [2.45, 2.75) is 31.2 Å².